The van der Waals surface area contributed by atoms with Gasteiger partial charge in [0.1, 0.15) is 5.78 Å². The third-order valence-corrected chi connectivity index (χ3v) is 3.69. The summed E-state index contributed by atoms with van der Waals surface area (Å²) in [4.78, 5) is 25.3. The smallest absolute Gasteiger partial charge is 0.225 e. The molecule has 0 aromatic rings. The summed E-state index contributed by atoms with van der Waals surface area (Å²) in [5.41, 5.74) is 0. The first-order chi connectivity index (χ1) is 7.18. The Kier molecular flexibility index (Phi) is 3.08. The van der Waals surface area contributed by atoms with Crippen LogP contribution in [0.1, 0.15) is 39.0 Å². The van der Waals surface area contributed by atoms with Gasteiger partial charge in [-0.1, -0.05) is 19.8 Å². The second-order valence-corrected chi connectivity index (χ2v) is 4.88. The molecule has 3 nitrogen and oxygen atoms in total. The van der Waals surface area contributed by atoms with Gasteiger partial charge in [0.25, 0.3) is 0 Å². The average molecular weight is 209 g/mol. The number of amides is 1. The van der Waals surface area contributed by atoms with Crippen molar-refractivity contribution in [1.29, 1.82) is 0 Å². The summed E-state index contributed by atoms with van der Waals surface area (Å²) in [5.74, 6) is 0.909. The molecule has 3 heteroatoms. The van der Waals surface area contributed by atoms with Crippen LogP contribution in [0.25, 0.3) is 0 Å². The van der Waals surface area contributed by atoms with Gasteiger partial charge in [-0.15, -0.1) is 0 Å². The zero-order valence-corrected chi connectivity index (χ0v) is 9.37. The van der Waals surface area contributed by atoms with Crippen molar-refractivity contribution in [2.24, 2.45) is 11.8 Å². The number of hydrogen-bond acceptors (Lipinski definition) is 2. The fourth-order valence-corrected chi connectivity index (χ4v) is 2.65. The van der Waals surface area contributed by atoms with Gasteiger partial charge >= 0.3 is 0 Å². The molecule has 0 radical (unpaired) electrons. The summed E-state index contributed by atoms with van der Waals surface area (Å²) >= 11 is 0. The number of likely N-dealkylation sites (tertiary alicyclic amines) is 1. The molecule has 1 amide bonds. The Morgan fingerprint density at radius 2 is 2.00 bits per heavy atom. The minimum atomic E-state index is 0.0455. The number of carbonyl (C=O) groups is 2. The number of Topliss-reactive ketones (excluding diaryl/α,β-unsaturated/α-hetero) is 1. The summed E-state index contributed by atoms with van der Waals surface area (Å²) in [6.45, 7) is 3.23. The molecule has 1 saturated carbocycles. The van der Waals surface area contributed by atoms with Crippen molar-refractivity contribution in [3.8, 4) is 0 Å². The van der Waals surface area contributed by atoms with Crippen molar-refractivity contribution in [2.75, 3.05) is 13.1 Å². The van der Waals surface area contributed by atoms with E-state index in [9.17, 15) is 9.59 Å². The molecule has 1 aliphatic carbocycles. The lowest BCUT2D eigenvalue weighted by atomic mass is 9.96. The van der Waals surface area contributed by atoms with Crippen LogP contribution in [-0.2, 0) is 9.59 Å². The van der Waals surface area contributed by atoms with Crippen LogP contribution in [0.4, 0.5) is 0 Å². The van der Waals surface area contributed by atoms with Gasteiger partial charge in [-0.05, 0) is 12.8 Å². The van der Waals surface area contributed by atoms with E-state index in [1.807, 2.05) is 11.8 Å². The summed E-state index contributed by atoms with van der Waals surface area (Å²) in [6.07, 6.45) is 5.05. The van der Waals surface area contributed by atoms with E-state index < -0.39 is 0 Å². The molecule has 0 aromatic heterocycles. The lowest BCUT2D eigenvalue weighted by Crippen LogP contribution is -2.45. The fourth-order valence-electron chi connectivity index (χ4n) is 2.65. The second-order valence-electron chi connectivity index (χ2n) is 4.88. The molecule has 0 aromatic carbocycles. The first-order valence-corrected chi connectivity index (χ1v) is 6.00. The van der Waals surface area contributed by atoms with Gasteiger partial charge in [-0.25, -0.2) is 0 Å². The highest BCUT2D eigenvalue weighted by Crippen LogP contribution is 2.27. The average Bonchev–Trinajstić information content (AvgIpc) is 2.74. The Morgan fingerprint density at radius 3 is 2.60 bits per heavy atom. The molecule has 1 atom stereocenters. The van der Waals surface area contributed by atoms with Gasteiger partial charge in [-0.2, -0.15) is 0 Å². The van der Waals surface area contributed by atoms with Gasteiger partial charge in [0.2, 0.25) is 5.91 Å². The quantitative estimate of drug-likeness (QED) is 0.658. The van der Waals surface area contributed by atoms with Crippen molar-refractivity contribution in [3.05, 3.63) is 0 Å². The van der Waals surface area contributed by atoms with Crippen LogP contribution < -0.4 is 0 Å². The van der Waals surface area contributed by atoms with Crippen molar-refractivity contribution < 1.29 is 9.59 Å². The summed E-state index contributed by atoms with van der Waals surface area (Å²) in [5, 5.41) is 0. The maximum atomic E-state index is 12.1. The summed E-state index contributed by atoms with van der Waals surface area (Å²) in [6, 6.07) is 0. The van der Waals surface area contributed by atoms with Gasteiger partial charge in [0.05, 0.1) is 0 Å². The highest BCUT2D eigenvalue weighted by Gasteiger charge is 2.31. The van der Waals surface area contributed by atoms with Crippen molar-refractivity contribution in [2.45, 2.75) is 39.0 Å². The standard InChI is InChI=1S/C12H19NO2/c1-9-8-13(7-6-11(9)14)12(15)10-4-2-3-5-10/h9-10H,2-8H2,1H3. The van der Waals surface area contributed by atoms with Gasteiger partial charge < -0.3 is 4.90 Å². The highest BCUT2D eigenvalue weighted by molar-refractivity contribution is 5.85. The molecule has 1 unspecified atom stereocenters. The number of hydrogen-bond donors (Lipinski definition) is 0. The zero-order valence-electron chi connectivity index (χ0n) is 9.37. The van der Waals surface area contributed by atoms with Crippen molar-refractivity contribution in [3.63, 3.8) is 0 Å². The summed E-state index contributed by atoms with van der Waals surface area (Å²) < 4.78 is 0. The third kappa shape index (κ3) is 2.21. The maximum Gasteiger partial charge on any atom is 0.225 e. The molecule has 1 aliphatic heterocycles. The van der Waals surface area contributed by atoms with Gasteiger partial charge in [0.15, 0.2) is 0 Å². The molecule has 2 rings (SSSR count). The molecular formula is C12H19NO2. The SMILES string of the molecule is CC1CN(C(=O)C2CCCC2)CCC1=O. The first kappa shape index (κ1) is 10.7. The Bertz CT molecular complexity index is 269. The number of piperidine rings is 1. The van der Waals surface area contributed by atoms with E-state index in [0.717, 1.165) is 12.8 Å². The molecule has 2 aliphatic rings. The Balaban J connectivity index is 1.93. The molecule has 0 N–H and O–H groups in total. The van der Waals surface area contributed by atoms with E-state index in [2.05, 4.69) is 0 Å². The van der Waals surface area contributed by atoms with Crippen LogP contribution in [0.15, 0.2) is 0 Å². The Morgan fingerprint density at radius 1 is 1.33 bits per heavy atom. The van der Waals surface area contributed by atoms with Gasteiger partial charge in [0, 0.05) is 31.3 Å². The highest BCUT2D eigenvalue weighted by atomic mass is 16.2. The zero-order chi connectivity index (χ0) is 10.8. The molecule has 15 heavy (non-hydrogen) atoms. The van der Waals surface area contributed by atoms with E-state index in [0.29, 0.717) is 31.2 Å². The lowest BCUT2D eigenvalue weighted by Gasteiger charge is -2.31. The van der Waals surface area contributed by atoms with Crippen LogP contribution in [0, 0.1) is 11.8 Å². The lowest BCUT2D eigenvalue weighted by molar-refractivity contribution is -0.140. The Hall–Kier alpha value is -0.860. The predicted octanol–water partition coefficient (Wildman–Crippen LogP) is 1.61. The number of carbonyl (C=O) groups excluding carboxylic acids is 2. The Labute approximate surface area is 90.8 Å². The largest absolute Gasteiger partial charge is 0.341 e. The van der Waals surface area contributed by atoms with Crippen molar-refractivity contribution >= 4 is 11.7 Å². The number of rotatable bonds is 1. The van der Waals surface area contributed by atoms with E-state index in [1.165, 1.54) is 12.8 Å². The van der Waals surface area contributed by atoms with Crippen LogP contribution in [-0.4, -0.2) is 29.7 Å². The molecule has 1 heterocycles. The number of ketones is 1. The second kappa shape index (κ2) is 4.33. The molecule has 84 valence electrons. The van der Waals surface area contributed by atoms with E-state index in [4.69, 9.17) is 0 Å². The molecule has 1 saturated heterocycles. The third-order valence-electron chi connectivity index (χ3n) is 3.69. The van der Waals surface area contributed by atoms with Crippen LogP contribution in [0.3, 0.4) is 0 Å². The van der Waals surface area contributed by atoms with Crippen LogP contribution in [0.2, 0.25) is 0 Å². The minimum absolute atomic E-state index is 0.0455. The van der Waals surface area contributed by atoms with E-state index in [-0.39, 0.29) is 11.8 Å². The number of nitrogens with zero attached hydrogens (tertiary/aromatic N) is 1. The monoisotopic (exact) mass is 209 g/mol. The predicted molar refractivity (Wildman–Crippen MR) is 57.3 cm³/mol. The minimum Gasteiger partial charge on any atom is -0.341 e. The van der Waals surface area contributed by atoms with Crippen LogP contribution in [0.5, 0.6) is 0 Å². The van der Waals surface area contributed by atoms with E-state index in [1.54, 1.807) is 0 Å². The van der Waals surface area contributed by atoms with Crippen molar-refractivity contribution in [1.82, 2.24) is 4.90 Å². The summed E-state index contributed by atoms with van der Waals surface area (Å²) in [7, 11) is 0. The first-order valence-electron chi connectivity index (χ1n) is 6.00. The maximum absolute atomic E-state index is 12.1. The topological polar surface area (TPSA) is 37.4 Å². The fraction of sp³-hybridized carbons (Fsp3) is 0.833. The van der Waals surface area contributed by atoms with Crippen LogP contribution >= 0.6 is 0 Å². The van der Waals surface area contributed by atoms with Gasteiger partial charge in [-0.3, -0.25) is 9.59 Å². The van der Waals surface area contributed by atoms with E-state index >= 15 is 0 Å². The molecule has 2 fully saturated rings. The normalized spacial score (nSPS) is 28.5. The molecule has 0 spiro atoms. The molecule has 0 bridgehead atoms. The molecular weight excluding hydrogens is 190 g/mol.